The summed E-state index contributed by atoms with van der Waals surface area (Å²) >= 11 is 0. The highest BCUT2D eigenvalue weighted by Gasteiger charge is 2.13. The molecule has 1 fully saturated rings. The molecule has 0 atom stereocenters. The number of rotatable bonds is 7. The second-order valence-corrected chi connectivity index (χ2v) is 7.92. The van der Waals surface area contributed by atoms with Gasteiger partial charge in [-0.1, -0.05) is 12.1 Å². The van der Waals surface area contributed by atoms with Crippen molar-refractivity contribution in [1.82, 2.24) is 9.78 Å². The summed E-state index contributed by atoms with van der Waals surface area (Å²) in [5, 5.41) is 7.18. The lowest BCUT2D eigenvalue weighted by atomic mass is 10.1. The summed E-state index contributed by atoms with van der Waals surface area (Å²) in [4.78, 5) is 27.4. The topological polar surface area (TPSA) is 85.7 Å². The van der Waals surface area contributed by atoms with E-state index in [9.17, 15) is 9.59 Å². The van der Waals surface area contributed by atoms with E-state index in [1.165, 1.54) is 38.1 Å². The Morgan fingerprint density at radius 3 is 2.42 bits per heavy atom. The van der Waals surface area contributed by atoms with E-state index in [4.69, 9.17) is 9.47 Å². The Hall–Kier alpha value is -3.81. The van der Waals surface area contributed by atoms with Crippen LogP contribution in [0.4, 0.5) is 11.4 Å². The summed E-state index contributed by atoms with van der Waals surface area (Å²) in [6, 6.07) is 16.4. The van der Waals surface area contributed by atoms with Crippen LogP contribution in [0.3, 0.4) is 0 Å². The molecule has 1 aliphatic rings. The van der Waals surface area contributed by atoms with Crippen molar-refractivity contribution in [1.29, 1.82) is 0 Å². The van der Waals surface area contributed by atoms with Gasteiger partial charge in [0.05, 0.1) is 25.6 Å². The van der Waals surface area contributed by atoms with Crippen molar-refractivity contribution < 1.29 is 14.3 Å². The maximum absolute atomic E-state index is 12.7. The van der Waals surface area contributed by atoms with Gasteiger partial charge in [-0.05, 0) is 49.6 Å². The van der Waals surface area contributed by atoms with Crippen LogP contribution in [0, 0.1) is 0 Å². The first-order chi connectivity index (χ1) is 16.1. The fourth-order valence-corrected chi connectivity index (χ4v) is 3.95. The number of nitrogens with zero attached hydrogens (tertiary/aromatic N) is 3. The third kappa shape index (κ3) is 5.34. The number of aromatic nitrogens is 2. The molecule has 4 rings (SSSR count). The Morgan fingerprint density at radius 1 is 0.970 bits per heavy atom. The largest absolute Gasteiger partial charge is 0.497 e. The zero-order chi connectivity index (χ0) is 23.2. The molecule has 0 spiro atoms. The van der Waals surface area contributed by atoms with E-state index in [1.807, 2.05) is 12.1 Å². The van der Waals surface area contributed by atoms with Crippen LogP contribution in [0.25, 0.3) is 11.3 Å². The summed E-state index contributed by atoms with van der Waals surface area (Å²) in [6.45, 7) is 1.93. The molecule has 0 unspecified atom stereocenters. The van der Waals surface area contributed by atoms with Crippen LogP contribution in [0.2, 0.25) is 0 Å². The molecule has 1 N–H and O–H groups in total. The lowest BCUT2D eigenvalue weighted by molar-refractivity contribution is -0.117. The standard InChI is InChI=1S/C25H28N4O4/c1-32-20-10-12-23(33-2)22(16-20)26-24(30)17-29-25(31)13-11-21(27-29)18-6-8-19(9-7-18)28-14-4-3-5-15-28/h6-13,16H,3-5,14-15,17H2,1-2H3,(H,26,30). The fraction of sp³-hybridized carbons (Fsp3) is 0.320. The molecule has 1 saturated heterocycles. The van der Waals surface area contributed by atoms with E-state index < -0.39 is 5.91 Å². The number of nitrogens with one attached hydrogen (secondary N) is 1. The number of methoxy groups -OCH3 is 2. The van der Waals surface area contributed by atoms with Gasteiger partial charge in [-0.3, -0.25) is 9.59 Å². The van der Waals surface area contributed by atoms with Gasteiger partial charge >= 0.3 is 0 Å². The molecule has 2 aromatic carbocycles. The molecule has 8 nitrogen and oxygen atoms in total. The van der Waals surface area contributed by atoms with Gasteiger partial charge in [-0.2, -0.15) is 5.10 Å². The van der Waals surface area contributed by atoms with Gasteiger partial charge in [-0.25, -0.2) is 4.68 Å². The second-order valence-electron chi connectivity index (χ2n) is 7.92. The van der Waals surface area contributed by atoms with E-state index in [0.29, 0.717) is 22.9 Å². The quantitative estimate of drug-likeness (QED) is 0.595. The van der Waals surface area contributed by atoms with E-state index in [-0.39, 0.29) is 12.1 Å². The average molecular weight is 449 g/mol. The Bertz CT molecular complexity index is 1170. The molecule has 0 aliphatic carbocycles. The average Bonchev–Trinajstić information content (AvgIpc) is 2.86. The maximum atomic E-state index is 12.7. The minimum Gasteiger partial charge on any atom is -0.497 e. The van der Waals surface area contributed by atoms with Gasteiger partial charge in [0, 0.05) is 36.5 Å². The maximum Gasteiger partial charge on any atom is 0.267 e. The number of carbonyl (C=O) groups excluding carboxylic acids is 1. The van der Waals surface area contributed by atoms with Crippen LogP contribution in [0.15, 0.2) is 59.4 Å². The number of carbonyl (C=O) groups is 1. The van der Waals surface area contributed by atoms with Crippen molar-refractivity contribution in [3.8, 4) is 22.8 Å². The molecular weight excluding hydrogens is 420 g/mol. The number of benzene rings is 2. The monoisotopic (exact) mass is 448 g/mol. The van der Waals surface area contributed by atoms with Crippen LogP contribution in [-0.4, -0.2) is 43.0 Å². The number of amides is 1. The molecule has 0 saturated carbocycles. The third-order valence-corrected chi connectivity index (χ3v) is 5.73. The predicted molar refractivity (Wildman–Crippen MR) is 128 cm³/mol. The first-order valence-corrected chi connectivity index (χ1v) is 11.0. The smallest absolute Gasteiger partial charge is 0.267 e. The molecule has 3 aromatic rings. The Balaban J connectivity index is 1.49. The summed E-state index contributed by atoms with van der Waals surface area (Å²) in [5.41, 5.74) is 2.82. The van der Waals surface area contributed by atoms with Crippen molar-refractivity contribution in [2.45, 2.75) is 25.8 Å². The lowest BCUT2D eigenvalue weighted by Gasteiger charge is -2.28. The molecule has 1 amide bonds. The predicted octanol–water partition coefficient (Wildman–Crippen LogP) is 3.56. The van der Waals surface area contributed by atoms with Crippen molar-refractivity contribution in [3.05, 3.63) is 65.0 Å². The molecule has 1 aromatic heterocycles. The van der Waals surface area contributed by atoms with Gasteiger partial charge in [0.25, 0.3) is 5.56 Å². The summed E-state index contributed by atoms with van der Waals surface area (Å²) in [5.74, 6) is 0.678. The van der Waals surface area contributed by atoms with Crippen LogP contribution in [0.5, 0.6) is 11.5 Å². The SMILES string of the molecule is COc1ccc(OC)c(NC(=O)Cn2nc(-c3ccc(N4CCCCC4)cc3)ccc2=O)c1. The number of hydrogen-bond acceptors (Lipinski definition) is 6. The molecule has 33 heavy (non-hydrogen) atoms. The summed E-state index contributed by atoms with van der Waals surface area (Å²) in [7, 11) is 3.06. The third-order valence-electron chi connectivity index (χ3n) is 5.73. The Labute approximate surface area is 192 Å². The number of anilines is 2. The molecule has 172 valence electrons. The van der Waals surface area contributed by atoms with Gasteiger partial charge < -0.3 is 19.7 Å². The van der Waals surface area contributed by atoms with Gasteiger partial charge in [0.15, 0.2) is 0 Å². The highest BCUT2D eigenvalue weighted by atomic mass is 16.5. The van der Waals surface area contributed by atoms with Gasteiger partial charge in [-0.15, -0.1) is 0 Å². The number of ether oxygens (including phenoxy) is 2. The molecule has 0 radical (unpaired) electrons. The van der Waals surface area contributed by atoms with E-state index in [1.54, 1.807) is 31.4 Å². The highest BCUT2D eigenvalue weighted by molar-refractivity contribution is 5.92. The van der Waals surface area contributed by atoms with Crippen molar-refractivity contribution in [2.75, 3.05) is 37.5 Å². The molecule has 2 heterocycles. The fourth-order valence-electron chi connectivity index (χ4n) is 3.95. The minimum absolute atomic E-state index is 0.223. The number of piperidine rings is 1. The molecular formula is C25H28N4O4. The van der Waals surface area contributed by atoms with Crippen LogP contribution >= 0.6 is 0 Å². The lowest BCUT2D eigenvalue weighted by Crippen LogP contribution is -2.29. The zero-order valence-electron chi connectivity index (χ0n) is 18.9. The van der Waals surface area contributed by atoms with Gasteiger partial charge in [0.1, 0.15) is 18.0 Å². The summed E-state index contributed by atoms with van der Waals surface area (Å²) < 4.78 is 11.7. The van der Waals surface area contributed by atoms with Crippen LogP contribution in [-0.2, 0) is 11.3 Å². The number of hydrogen-bond donors (Lipinski definition) is 1. The van der Waals surface area contributed by atoms with Crippen LogP contribution < -0.4 is 25.2 Å². The second kappa shape index (κ2) is 10.2. The normalized spacial score (nSPS) is 13.5. The molecule has 1 aliphatic heterocycles. The summed E-state index contributed by atoms with van der Waals surface area (Å²) in [6.07, 6.45) is 3.73. The zero-order valence-corrected chi connectivity index (χ0v) is 18.9. The first kappa shape index (κ1) is 22.4. The van der Waals surface area contributed by atoms with Crippen molar-refractivity contribution in [3.63, 3.8) is 0 Å². The van der Waals surface area contributed by atoms with Crippen molar-refractivity contribution in [2.24, 2.45) is 0 Å². The molecule has 0 bridgehead atoms. The van der Waals surface area contributed by atoms with Crippen molar-refractivity contribution >= 4 is 17.3 Å². The minimum atomic E-state index is -0.395. The van der Waals surface area contributed by atoms with Gasteiger partial charge in [0.2, 0.25) is 5.91 Å². The van der Waals surface area contributed by atoms with E-state index in [0.717, 1.165) is 23.3 Å². The highest BCUT2D eigenvalue weighted by Crippen LogP contribution is 2.29. The Morgan fingerprint density at radius 2 is 1.73 bits per heavy atom. The Kier molecular flexibility index (Phi) is 6.92. The first-order valence-electron chi connectivity index (χ1n) is 11.0. The molecule has 8 heteroatoms. The van der Waals surface area contributed by atoms with E-state index >= 15 is 0 Å². The van der Waals surface area contributed by atoms with Crippen LogP contribution in [0.1, 0.15) is 19.3 Å². The van der Waals surface area contributed by atoms with E-state index in [2.05, 4.69) is 27.4 Å².